The minimum atomic E-state index is -4.57. The predicted octanol–water partition coefficient (Wildman–Crippen LogP) is 5.80. The first-order valence-corrected chi connectivity index (χ1v) is 30.2. The summed E-state index contributed by atoms with van der Waals surface area (Å²) in [5, 5.41) is 8.88. The highest BCUT2D eigenvalue weighted by atomic mass is 19.4. The maximum atomic E-state index is 15.2. The molecule has 0 radical (unpaired) electrons. The smallest absolute Gasteiger partial charge is 0.406 e. The zero-order valence-electron chi connectivity index (χ0n) is 48.3. The Labute approximate surface area is 474 Å². The lowest BCUT2D eigenvalue weighted by Gasteiger charge is -2.44. The van der Waals surface area contributed by atoms with Crippen molar-refractivity contribution in [1.29, 1.82) is 0 Å². The fourth-order valence-electron chi connectivity index (χ4n) is 14.8. The number of hydrazine groups is 1. The fourth-order valence-corrected chi connectivity index (χ4v) is 14.8. The molecule has 1 spiro atoms. The number of benzene rings is 1. The standard InChI is InChI=1S/C61H84F3N11O6/c1-37(2)50-45(26-42(28-65-50)71-22-21-70-23-24-80-32-43(70)30-71)54-46-27-59(5,6)36-81-58(79)47-10-8-18-75(68-47)56(77)48(31-69-17-7-9-41(29-69)40-13-14-49(44(46)25-40)74(54)35-61(62,63)64)66-55(76)53(38(3)4)72-19-15-60(33-72)16-20-73(34-60)57(78)52-51(67-52)39-11-12-39/h9,13-14,25-26,28,37-39,43,47-48,51-53,67-68H,7-8,10-12,15-24,27,29-36H2,1-6H3,(H,66,76)/t43-,47-,48-,51+,52+,53-,60-/m0/s1. The van der Waals surface area contributed by atoms with Gasteiger partial charge < -0.3 is 29.2 Å². The van der Waals surface area contributed by atoms with Gasteiger partial charge in [0.1, 0.15) is 24.7 Å². The number of ether oxygens (including phenoxy) is 2. The number of esters is 1. The number of halogens is 3. The zero-order valence-corrected chi connectivity index (χ0v) is 48.3. The molecule has 20 heteroatoms. The van der Waals surface area contributed by atoms with E-state index in [9.17, 15) is 14.4 Å². The summed E-state index contributed by atoms with van der Waals surface area (Å²) < 4.78 is 59.2. The normalized spacial score (nSPS) is 30.0. The Balaban J connectivity index is 0.868. The molecule has 8 atom stereocenters. The van der Waals surface area contributed by atoms with Crippen LogP contribution in [0.15, 0.2) is 36.5 Å². The van der Waals surface area contributed by atoms with Crippen LogP contribution in [0.4, 0.5) is 18.9 Å². The van der Waals surface area contributed by atoms with E-state index in [1.165, 1.54) is 22.4 Å². The first-order chi connectivity index (χ1) is 38.7. The number of amides is 3. The van der Waals surface area contributed by atoms with Gasteiger partial charge in [-0.15, -0.1) is 0 Å². The van der Waals surface area contributed by atoms with Gasteiger partial charge in [0.05, 0.1) is 55.2 Å². The van der Waals surface area contributed by atoms with Crippen molar-refractivity contribution in [2.75, 3.05) is 103 Å². The van der Waals surface area contributed by atoms with Gasteiger partial charge in [-0.2, -0.15) is 13.2 Å². The number of likely N-dealkylation sites (tertiary alicyclic amines) is 2. The first-order valence-electron chi connectivity index (χ1n) is 30.2. The van der Waals surface area contributed by atoms with Crippen LogP contribution in [0.5, 0.6) is 0 Å². The summed E-state index contributed by atoms with van der Waals surface area (Å²) in [6, 6.07) is 5.93. The molecule has 1 aromatic carbocycles. The summed E-state index contributed by atoms with van der Waals surface area (Å²) in [5.41, 5.74) is 8.02. The lowest BCUT2D eigenvalue weighted by atomic mass is 9.83. The summed E-state index contributed by atoms with van der Waals surface area (Å²) in [7, 11) is 0. The number of fused-ring (bicyclic) bond motifs is 7. The van der Waals surface area contributed by atoms with Gasteiger partial charge in [-0.3, -0.25) is 49.2 Å². The number of carbonyl (C=O) groups is 4. The maximum absolute atomic E-state index is 15.2. The van der Waals surface area contributed by atoms with Gasteiger partial charge in [0, 0.05) is 105 Å². The molecule has 7 fully saturated rings. The van der Waals surface area contributed by atoms with Crippen molar-refractivity contribution in [2.45, 2.75) is 148 Å². The number of cyclic esters (lactones) is 1. The summed E-state index contributed by atoms with van der Waals surface area (Å²) in [6.07, 6.45) is 5.54. The van der Waals surface area contributed by atoms with Crippen molar-refractivity contribution >= 4 is 45.9 Å². The molecule has 6 bridgehead atoms. The van der Waals surface area contributed by atoms with Crippen molar-refractivity contribution in [3.05, 3.63) is 53.4 Å². The van der Waals surface area contributed by atoms with Crippen LogP contribution < -0.4 is 21.0 Å². The molecular formula is C61H84F3N11O6. The molecule has 3 aromatic rings. The summed E-state index contributed by atoms with van der Waals surface area (Å²) in [6.45, 7) is 19.7. The largest absolute Gasteiger partial charge is 0.464 e. The lowest BCUT2D eigenvalue weighted by molar-refractivity contribution is -0.155. The topological polar surface area (TPSA) is 170 Å². The molecule has 9 aliphatic rings. The highest BCUT2D eigenvalue weighted by Gasteiger charge is 2.55. The summed E-state index contributed by atoms with van der Waals surface area (Å²) in [4.78, 5) is 74.1. The number of aromatic nitrogens is 2. The number of carbonyl (C=O) groups excluding carboxylic acids is 4. The molecule has 3 amide bonds. The van der Waals surface area contributed by atoms with Gasteiger partial charge >= 0.3 is 12.1 Å². The van der Waals surface area contributed by atoms with Crippen LogP contribution in [0.1, 0.15) is 109 Å². The molecule has 81 heavy (non-hydrogen) atoms. The van der Waals surface area contributed by atoms with Crippen LogP contribution >= 0.6 is 0 Å². The highest BCUT2D eigenvalue weighted by molar-refractivity contribution is 5.95. The minimum absolute atomic E-state index is 0.0355. The van der Waals surface area contributed by atoms with Gasteiger partial charge in [-0.05, 0) is 111 Å². The number of piperazine rings is 1. The number of hydrogen-bond acceptors (Lipinski definition) is 13. The Bertz CT molecular complexity index is 2940. The monoisotopic (exact) mass is 1120 g/mol. The molecule has 8 aliphatic heterocycles. The second kappa shape index (κ2) is 22.1. The molecule has 2 aromatic heterocycles. The van der Waals surface area contributed by atoms with E-state index in [4.69, 9.17) is 14.5 Å². The van der Waals surface area contributed by atoms with Crippen LogP contribution in [0.25, 0.3) is 27.7 Å². The van der Waals surface area contributed by atoms with Gasteiger partial charge in [0.25, 0.3) is 5.91 Å². The molecule has 12 rings (SSSR count). The number of morpholine rings is 1. The Kier molecular flexibility index (Phi) is 15.4. The van der Waals surface area contributed by atoms with Crippen molar-refractivity contribution in [3.8, 4) is 11.3 Å². The number of pyridine rings is 1. The third kappa shape index (κ3) is 11.8. The summed E-state index contributed by atoms with van der Waals surface area (Å²) in [5.74, 6) is -0.457. The van der Waals surface area contributed by atoms with Crippen LogP contribution in [0.2, 0.25) is 0 Å². The fraction of sp³-hybridized carbons (Fsp3) is 0.689. The molecule has 6 saturated heterocycles. The van der Waals surface area contributed by atoms with E-state index in [1.54, 1.807) is 0 Å². The molecule has 3 N–H and O–H groups in total. The first kappa shape index (κ1) is 56.4. The Morgan fingerprint density at radius 2 is 1.77 bits per heavy atom. The SMILES string of the molecule is CC(C)c1ncc(N2CCN3CCOC[C@@H]3C2)cc1-c1c2c3cc(ccc3n1CC(F)(F)F)C1=CCCN(C1)C[C@H](NC(=O)[C@H](C(C)C)N1CC[C@]3(CCN(C(=O)[C@@H]4N[C@@H]4C4CC4)C3)C1)C(=O)N1CCC[C@H](N1)C(=O)OCC(C)(C)C2. The third-order valence-corrected chi connectivity index (χ3v) is 19.2. The molecule has 1 saturated carbocycles. The van der Waals surface area contributed by atoms with E-state index >= 15 is 18.0 Å². The molecule has 1 unspecified atom stereocenters. The number of anilines is 1. The van der Waals surface area contributed by atoms with Gasteiger partial charge in [-0.1, -0.05) is 53.7 Å². The van der Waals surface area contributed by atoms with Crippen molar-refractivity contribution in [3.63, 3.8) is 0 Å². The van der Waals surface area contributed by atoms with Crippen LogP contribution in [0, 0.1) is 22.7 Å². The zero-order chi connectivity index (χ0) is 56.7. The Hall–Kier alpha value is -5.12. The Morgan fingerprint density at radius 3 is 2.54 bits per heavy atom. The lowest BCUT2D eigenvalue weighted by Crippen LogP contribution is -2.63. The van der Waals surface area contributed by atoms with Crippen LogP contribution in [-0.2, 0) is 41.6 Å². The average molecular weight is 1120 g/mol. The molecule has 440 valence electrons. The number of nitrogens with one attached hydrogen (secondary N) is 3. The quantitative estimate of drug-likeness (QED) is 0.165. The second-order valence-corrected chi connectivity index (χ2v) is 26.8. The van der Waals surface area contributed by atoms with E-state index in [0.717, 1.165) is 61.4 Å². The van der Waals surface area contributed by atoms with Gasteiger partial charge in [0.15, 0.2) is 0 Å². The highest BCUT2D eigenvalue weighted by Crippen LogP contribution is 2.46. The van der Waals surface area contributed by atoms with Crippen LogP contribution in [0.3, 0.4) is 0 Å². The van der Waals surface area contributed by atoms with Crippen molar-refractivity contribution < 1.29 is 41.8 Å². The van der Waals surface area contributed by atoms with E-state index < -0.39 is 42.2 Å². The number of alkyl halides is 3. The van der Waals surface area contributed by atoms with E-state index in [2.05, 4.69) is 41.7 Å². The number of nitrogens with zero attached hydrogens (tertiary/aromatic N) is 8. The Morgan fingerprint density at radius 1 is 0.951 bits per heavy atom. The maximum Gasteiger partial charge on any atom is 0.406 e. The predicted molar refractivity (Wildman–Crippen MR) is 303 cm³/mol. The van der Waals surface area contributed by atoms with Gasteiger partial charge in [-0.25, -0.2) is 5.43 Å². The minimum Gasteiger partial charge on any atom is -0.464 e. The summed E-state index contributed by atoms with van der Waals surface area (Å²) >= 11 is 0. The van der Waals surface area contributed by atoms with Crippen molar-refractivity contribution in [2.24, 2.45) is 22.7 Å². The average Bonchev–Trinajstić information content (AvgIpc) is 4.55. The molecule has 1 aliphatic carbocycles. The van der Waals surface area contributed by atoms with E-state index in [-0.39, 0.29) is 66.6 Å². The molecule has 17 nitrogen and oxygen atoms in total. The number of rotatable bonds is 10. The second-order valence-electron chi connectivity index (χ2n) is 26.8. The molecular weight excluding hydrogens is 1040 g/mol. The van der Waals surface area contributed by atoms with Crippen LogP contribution in [-0.4, -0.2) is 199 Å². The number of hydrogen-bond donors (Lipinski definition) is 3. The van der Waals surface area contributed by atoms with Crippen molar-refractivity contribution in [1.82, 2.24) is 50.2 Å². The molecule has 10 heterocycles. The third-order valence-electron chi connectivity index (χ3n) is 19.2. The van der Waals surface area contributed by atoms with E-state index in [0.29, 0.717) is 118 Å². The van der Waals surface area contributed by atoms with Gasteiger partial charge in [0.2, 0.25) is 11.8 Å². The van der Waals surface area contributed by atoms with E-state index in [1.807, 2.05) is 76.9 Å².